The Morgan fingerprint density at radius 2 is 1.92 bits per heavy atom. The fourth-order valence-electron chi connectivity index (χ4n) is 1.34. The smallest absolute Gasteiger partial charge is 0.0616 e. The molecule has 1 aliphatic carbocycles. The van der Waals surface area contributed by atoms with E-state index in [1.165, 1.54) is 0 Å². The molecule has 0 bridgehead atoms. The van der Waals surface area contributed by atoms with Gasteiger partial charge in [0.15, 0.2) is 0 Å². The van der Waals surface area contributed by atoms with Crippen molar-refractivity contribution in [3.63, 3.8) is 0 Å². The van der Waals surface area contributed by atoms with Gasteiger partial charge in [0.25, 0.3) is 0 Å². The zero-order chi connectivity index (χ0) is 8.39. The number of allylic oxidation sites excluding steroid dienone is 4. The summed E-state index contributed by atoms with van der Waals surface area (Å²) in [6.45, 7) is 2.17. The highest BCUT2D eigenvalue weighted by Gasteiger charge is 2.08. The lowest BCUT2D eigenvalue weighted by molar-refractivity contribution is 0.867. The fraction of sp³-hybridized carbons (Fsp3) is 0.200. The third-order valence-corrected chi connectivity index (χ3v) is 1.96. The summed E-state index contributed by atoms with van der Waals surface area (Å²) in [4.78, 5) is 0. The summed E-state index contributed by atoms with van der Waals surface area (Å²) in [5, 5.41) is 6.38. The van der Waals surface area contributed by atoms with E-state index >= 15 is 0 Å². The van der Waals surface area contributed by atoms with Crippen LogP contribution in [0, 0.1) is 5.92 Å². The van der Waals surface area contributed by atoms with Gasteiger partial charge in [0, 0.05) is 12.4 Å². The highest BCUT2D eigenvalue weighted by molar-refractivity contribution is 5.38. The van der Waals surface area contributed by atoms with Gasteiger partial charge in [0.1, 0.15) is 0 Å². The highest BCUT2D eigenvalue weighted by atomic mass is 15.0. The van der Waals surface area contributed by atoms with E-state index in [1.807, 2.05) is 12.4 Å². The molecule has 0 radical (unpaired) electrons. The summed E-state index contributed by atoms with van der Waals surface area (Å²) in [7, 11) is 0. The van der Waals surface area contributed by atoms with E-state index in [9.17, 15) is 0 Å². The number of rotatable bonds is 0. The molecule has 0 spiro atoms. The van der Waals surface area contributed by atoms with E-state index < -0.39 is 0 Å². The van der Waals surface area contributed by atoms with Crippen LogP contribution < -0.4 is 10.6 Å². The molecule has 1 unspecified atom stereocenters. The molecule has 1 aliphatic heterocycles. The van der Waals surface area contributed by atoms with Crippen LogP contribution in [0.5, 0.6) is 0 Å². The standard InChI is InChI=1S/C10H12N2/c1-8-3-2-4-9-10(7-8)12-6-5-11-9/h2-8,11-12H,1H3. The molecule has 62 valence electrons. The van der Waals surface area contributed by atoms with Crippen molar-refractivity contribution in [1.82, 2.24) is 10.6 Å². The molecular formula is C10H12N2. The average Bonchev–Trinajstić information content (AvgIpc) is 2.25. The van der Waals surface area contributed by atoms with Gasteiger partial charge in [0.2, 0.25) is 0 Å². The van der Waals surface area contributed by atoms with Gasteiger partial charge in [0.05, 0.1) is 11.4 Å². The number of nitrogens with one attached hydrogen (secondary N) is 2. The predicted molar refractivity (Wildman–Crippen MR) is 49.9 cm³/mol. The minimum atomic E-state index is 0.495. The maximum Gasteiger partial charge on any atom is 0.0616 e. The largest absolute Gasteiger partial charge is 0.359 e. The Labute approximate surface area is 72.4 Å². The first-order valence-corrected chi connectivity index (χ1v) is 4.15. The van der Waals surface area contributed by atoms with Gasteiger partial charge in [-0.2, -0.15) is 0 Å². The monoisotopic (exact) mass is 160 g/mol. The summed E-state index contributed by atoms with van der Waals surface area (Å²) in [6.07, 6.45) is 12.3. The lowest BCUT2D eigenvalue weighted by atomic mass is 10.1. The second-order valence-electron chi connectivity index (χ2n) is 3.03. The summed E-state index contributed by atoms with van der Waals surface area (Å²) in [5.41, 5.74) is 2.30. The zero-order valence-corrected chi connectivity index (χ0v) is 7.04. The molecule has 2 rings (SSSR count). The maximum atomic E-state index is 3.20. The van der Waals surface area contributed by atoms with Crippen molar-refractivity contribution in [1.29, 1.82) is 0 Å². The van der Waals surface area contributed by atoms with Crippen LogP contribution in [0.3, 0.4) is 0 Å². The molecule has 0 aromatic rings. The Morgan fingerprint density at radius 3 is 2.75 bits per heavy atom. The number of hydrogen-bond donors (Lipinski definition) is 2. The molecule has 1 atom stereocenters. The van der Waals surface area contributed by atoms with Crippen molar-refractivity contribution < 1.29 is 0 Å². The normalized spacial score (nSPS) is 25.9. The van der Waals surface area contributed by atoms with E-state index in [2.05, 4.69) is 41.9 Å². The van der Waals surface area contributed by atoms with Gasteiger partial charge in [-0.25, -0.2) is 0 Å². The minimum absolute atomic E-state index is 0.495. The maximum absolute atomic E-state index is 3.20. The van der Waals surface area contributed by atoms with Gasteiger partial charge in [-0.05, 0) is 12.0 Å². The molecular weight excluding hydrogens is 148 g/mol. The SMILES string of the molecule is CC1C=CC=C2NC=CNC2=C1. The van der Waals surface area contributed by atoms with Crippen LogP contribution >= 0.6 is 0 Å². The van der Waals surface area contributed by atoms with Crippen molar-refractivity contribution in [2.24, 2.45) is 5.92 Å². The van der Waals surface area contributed by atoms with Gasteiger partial charge in [-0.15, -0.1) is 0 Å². The summed E-state index contributed by atoms with van der Waals surface area (Å²) >= 11 is 0. The molecule has 12 heavy (non-hydrogen) atoms. The van der Waals surface area contributed by atoms with Gasteiger partial charge in [-0.1, -0.05) is 25.2 Å². The van der Waals surface area contributed by atoms with E-state index in [-0.39, 0.29) is 0 Å². The molecule has 0 saturated heterocycles. The zero-order valence-electron chi connectivity index (χ0n) is 7.04. The van der Waals surface area contributed by atoms with E-state index in [4.69, 9.17) is 0 Å². The Morgan fingerprint density at radius 1 is 1.17 bits per heavy atom. The van der Waals surface area contributed by atoms with Crippen LogP contribution in [0.15, 0.2) is 48.1 Å². The molecule has 0 aromatic carbocycles. The summed E-state index contributed by atoms with van der Waals surface area (Å²) in [6, 6.07) is 0. The average molecular weight is 160 g/mol. The number of fused-ring (bicyclic) bond motifs is 1. The molecule has 2 heteroatoms. The van der Waals surface area contributed by atoms with Gasteiger partial charge < -0.3 is 10.6 Å². The molecule has 2 N–H and O–H groups in total. The van der Waals surface area contributed by atoms with Crippen LogP contribution in [0.25, 0.3) is 0 Å². The van der Waals surface area contributed by atoms with Gasteiger partial charge >= 0.3 is 0 Å². The Bertz CT molecular complexity index is 295. The summed E-state index contributed by atoms with van der Waals surface area (Å²) < 4.78 is 0. The predicted octanol–water partition coefficient (Wildman–Crippen LogP) is 1.62. The Balaban J connectivity index is 2.35. The van der Waals surface area contributed by atoms with Crippen LogP contribution in [0.1, 0.15) is 6.92 Å². The Hall–Kier alpha value is -1.44. The first-order chi connectivity index (χ1) is 5.86. The molecule has 2 nitrogen and oxygen atoms in total. The van der Waals surface area contributed by atoms with Crippen molar-refractivity contribution in [2.45, 2.75) is 6.92 Å². The molecule has 0 aromatic heterocycles. The number of hydrogen-bond acceptors (Lipinski definition) is 2. The van der Waals surface area contributed by atoms with Crippen LogP contribution in [-0.4, -0.2) is 0 Å². The van der Waals surface area contributed by atoms with E-state index in [1.54, 1.807) is 0 Å². The van der Waals surface area contributed by atoms with E-state index in [0.717, 1.165) is 11.4 Å². The second-order valence-corrected chi connectivity index (χ2v) is 3.03. The fourth-order valence-corrected chi connectivity index (χ4v) is 1.34. The highest BCUT2D eigenvalue weighted by Crippen LogP contribution is 2.15. The van der Waals surface area contributed by atoms with Crippen LogP contribution in [-0.2, 0) is 0 Å². The first-order valence-electron chi connectivity index (χ1n) is 4.15. The van der Waals surface area contributed by atoms with Crippen LogP contribution in [0.2, 0.25) is 0 Å². The third-order valence-electron chi connectivity index (χ3n) is 1.96. The third kappa shape index (κ3) is 1.28. The molecule has 1 heterocycles. The van der Waals surface area contributed by atoms with Crippen molar-refractivity contribution in [3.8, 4) is 0 Å². The van der Waals surface area contributed by atoms with Gasteiger partial charge in [-0.3, -0.25) is 0 Å². The Kier molecular flexibility index (Phi) is 1.74. The lowest BCUT2D eigenvalue weighted by Crippen LogP contribution is -2.22. The van der Waals surface area contributed by atoms with Crippen molar-refractivity contribution in [2.75, 3.05) is 0 Å². The van der Waals surface area contributed by atoms with Crippen molar-refractivity contribution in [3.05, 3.63) is 48.1 Å². The van der Waals surface area contributed by atoms with Crippen molar-refractivity contribution >= 4 is 0 Å². The minimum Gasteiger partial charge on any atom is -0.359 e. The summed E-state index contributed by atoms with van der Waals surface area (Å²) in [5.74, 6) is 0.495. The van der Waals surface area contributed by atoms with Crippen LogP contribution in [0.4, 0.5) is 0 Å². The second kappa shape index (κ2) is 2.89. The topological polar surface area (TPSA) is 24.1 Å². The first kappa shape index (κ1) is 7.22. The molecule has 2 aliphatic rings. The molecule has 0 fully saturated rings. The molecule has 0 amide bonds. The molecule has 0 saturated carbocycles. The quantitative estimate of drug-likeness (QED) is 0.562. The van der Waals surface area contributed by atoms with E-state index in [0.29, 0.717) is 5.92 Å². The lowest BCUT2D eigenvalue weighted by Gasteiger charge is -2.16.